The van der Waals surface area contributed by atoms with Gasteiger partial charge < -0.3 is 10.1 Å². The van der Waals surface area contributed by atoms with Crippen LogP contribution in [0, 0.1) is 6.92 Å². The molecule has 0 bridgehead atoms. The summed E-state index contributed by atoms with van der Waals surface area (Å²) in [5.74, 6) is 1.36. The average Bonchev–Trinajstić information content (AvgIpc) is 3.08. The highest BCUT2D eigenvalue weighted by atomic mass is 16.5. The molecule has 2 aromatic carbocycles. The van der Waals surface area contributed by atoms with Gasteiger partial charge in [-0.05, 0) is 59.7 Å². The molecule has 7 heteroatoms. The lowest BCUT2D eigenvalue weighted by Gasteiger charge is -2.08. The van der Waals surface area contributed by atoms with Crippen molar-refractivity contribution in [3.63, 3.8) is 0 Å². The van der Waals surface area contributed by atoms with Gasteiger partial charge in [0, 0.05) is 12.1 Å². The maximum atomic E-state index is 12.4. The molecular formula is C18H19N5O2. The average molecular weight is 337 g/mol. The number of hydrogen-bond acceptors (Lipinski definition) is 5. The van der Waals surface area contributed by atoms with Crippen LogP contribution in [0.3, 0.4) is 0 Å². The summed E-state index contributed by atoms with van der Waals surface area (Å²) in [6.45, 7) is 2.36. The summed E-state index contributed by atoms with van der Waals surface area (Å²) in [7, 11) is 1.64. The lowest BCUT2D eigenvalue weighted by atomic mass is 10.1. The van der Waals surface area contributed by atoms with E-state index in [-0.39, 0.29) is 5.91 Å². The van der Waals surface area contributed by atoms with Crippen molar-refractivity contribution in [2.75, 3.05) is 13.7 Å². The molecule has 0 fully saturated rings. The fourth-order valence-corrected chi connectivity index (χ4v) is 2.46. The SMILES string of the molecule is COc1ccc(CCNC(=O)c2cccc(-n3nnnc3C)c2)cc1. The van der Waals surface area contributed by atoms with E-state index in [1.165, 1.54) is 0 Å². The Morgan fingerprint density at radius 2 is 2.00 bits per heavy atom. The van der Waals surface area contributed by atoms with Gasteiger partial charge in [0.25, 0.3) is 5.91 Å². The zero-order chi connectivity index (χ0) is 17.6. The molecule has 0 saturated carbocycles. The van der Waals surface area contributed by atoms with Gasteiger partial charge in [-0.15, -0.1) is 5.10 Å². The fourth-order valence-electron chi connectivity index (χ4n) is 2.46. The van der Waals surface area contributed by atoms with E-state index < -0.39 is 0 Å². The topological polar surface area (TPSA) is 81.9 Å². The van der Waals surface area contributed by atoms with Gasteiger partial charge in [0.2, 0.25) is 0 Å². The number of rotatable bonds is 6. The van der Waals surface area contributed by atoms with E-state index >= 15 is 0 Å². The molecule has 0 radical (unpaired) electrons. The predicted octanol–water partition coefficient (Wildman–Crippen LogP) is 1.95. The first kappa shape index (κ1) is 16.6. The molecule has 0 spiro atoms. The van der Waals surface area contributed by atoms with Crippen LogP contribution < -0.4 is 10.1 Å². The van der Waals surface area contributed by atoms with Crippen molar-refractivity contribution < 1.29 is 9.53 Å². The number of benzene rings is 2. The molecular weight excluding hydrogens is 318 g/mol. The lowest BCUT2D eigenvalue weighted by Crippen LogP contribution is -2.25. The molecule has 0 atom stereocenters. The molecule has 3 aromatic rings. The van der Waals surface area contributed by atoms with Crippen LogP contribution in [0.25, 0.3) is 5.69 Å². The Hall–Kier alpha value is -3.22. The molecule has 0 aliphatic carbocycles. The van der Waals surface area contributed by atoms with E-state index in [2.05, 4.69) is 20.8 Å². The summed E-state index contributed by atoms with van der Waals surface area (Å²) < 4.78 is 6.73. The summed E-state index contributed by atoms with van der Waals surface area (Å²) in [5, 5.41) is 14.3. The van der Waals surface area contributed by atoms with Crippen LogP contribution in [-0.2, 0) is 6.42 Å². The van der Waals surface area contributed by atoms with Crippen molar-refractivity contribution in [1.82, 2.24) is 25.5 Å². The monoisotopic (exact) mass is 337 g/mol. The Bertz CT molecular complexity index is 858. The largest absolute Gasteiger partial charge is 0.497 e. The molecule has 0 aliphatic rings. The second-order valence-corrected chi connectivity index (χ2v) is 5.54. The summed E-state index contributed by atoms with van der Waals surface area (Å²) in [4.78, 5) is 12.4. The van der Waals surface area contributed by atoms with Crippen LogP contribution in [0.15, 0.2) is 48.5 Å². The van der Waals surface area contributed by atoms with E-state index in [9.17, 15) is 4.79 Å². The number of amides is 1. The normalized spacial score (nSPS) is 10.5. The van der Waals surface area contributed by atoms with Crippen molar-refractivity contribution in [1.29, 1.82) is 0 Å². The molecule has 0 saturated heterocycles. The molecule has 25 heavy (non-hydrogen) atoms. The van der Waals surface area contributed by atoms with Gasteiger partial charge in [-0.3, -0.25) is 4.79 Å². The van der Waals surface area contributed by atoms with E-state index in [1.54, 1.807) is 23.9 Å². The molecule has 128 valence electrons. The van der Waals surface area contributed by atoms with Crippen LogP contribution in [0.5, 0.6) is 5.75 Å². The van der Waals surface area contributed by atoms with Gasteiger partial charge in [0.05, 0.1) is 12.8 Å². The number of carbonyl (C=O) groups excluding carboxylic acids is 1. The molecule has 0 aliphatic heterocycles. The van der Waals surface area contributed by atoms with Crippen molar-refractivity contribution >= 4 is 5.91 Å². The van der Waals surface area contributed by atoms with Crippen LogP contribution >= 0.6 is 0 Å². The number of hydrogen-bond donors (Lipinski definition) is 1. The molecule has 1 heterocycles. The van der Waals surface area contributed by atoms with E-state index in [0.717, 1.165) is 23.4 Å². The third kappa shape index (κ3) is 4.00. The first-order valence-corrected chi connectivity index (χ1v) is 7.94. The highest BCUT2D eigenvalue weighted by Gasteiger charge is 2.09. The third-order valence-corrected chi connectivity index (χ3v) is 3.84. The Kier molecular flexibility index (Phi) is 5.03. The van der Waals surface area contributed by atoms with Gasteiger partial charge >= 0.3 is 0 Å². The standard InChI is InChI=1S/C18H19N5O2/c1-13-20-21-22-23(13)16-5-3-4-15(12-16)18(24)19-11-10-14-6-8-17(25-2)9-7-14/h3-9,12H,10-11H2,1-2H3,(H,19,24). The number of ether oxygens (including phenoxy) is 1. The Morgan fingerprint density at radius 1 is 1.20 bits per heavy atom. The van der Waals surface area contributed by atoms with Crippen molar-refractivity contribution in [2.24, 2.45) is 0 Å². The smallest absolute Gasteiger partial charge is 0.251 e. The van der Waals surface area contributed by atoms with E-state index in [1.807, 2.05) is 43.3 Å². The molecule has 7 nitrogen and oxygen atoms in total. The molecule has 1 N–H and O–H groups in total. The number of aromatic nitrogens is 4. The summed E-state index contributed by atoms with van der Waals surface area (Å²) in [5.41, 5.74) is 2.46. The maximum absolute atomic E-state index is 12.4. The van der Waals surface area contributed by atoms with Crippen molar-refractivity contribution in [3.05, 3.63) is 65.5 Å². The van der Waals surface area contributed by atoms with E-state index in [4.69, 9.17) is 4.74 Å². The number of methoxy groups -OCH3 is 1. The van der Waals surface area contributed by atoms with Crippen molar-refractivity contribution in [2.45, 2.75) is 13.3 Å². The van der Waals surface area contributed by atoms with Gasteiger partial charge in [0.15, 0.2) is 5.82 Å². The van der Waals surface area contributed by atoms with E-state index in [0.29, 0.717) is 17.9 Å². The lowest BCUT2D eigenvalue weighted by molar-refractivity contribution is 0.0954. The van der Waals surface area contributed by atoms with Crippen LogP contribution in [0.2, 0.25) is 0 Å². The number of nitrogens with one attached hydrogen (secondary N) is 1. The zero-order valence-corrected chi connectivity index (χ0v) is 14.1. The van der Waals surface area contributed by atoms with Gasteiger partial charge in [-0.1, -0.05) is 18.2 Å². The molecule has 3 rings (SSSR count). The first-order valence-electron chi connectivity index (χ1n) is 7.94. The quantitative estimate of drug-likeness (QED) is 0.743. The Morgan fingerprint density at radius 3 is 2.68 bits per heavy atom. The fraction of sp³-hybridized carbons (Fsp3) is 0.222. The minimum Gasteiger partial charge on any atom is -0.497 e. The minimum absolute atomic E-state index is 0.124. The summed E-state index contributed by atoms with van der Waals surface area (Å²) >= 11 is 0. The Labute approximate surface area is 145 Å². The Balaban J connectivity index is 1.60. The summed E-state index contributed by atoms with van der Waals surface area (Å²) in [6.07, 6.45) is 0.752. The predicted molar refractivity (Wildman–Crippen MR) is 92.9 cm³/mol. The number of nitrogens with zero attached hydrogens (tertiary/aromatic N) is 4. The van der Waals surface area contributed by atoms with Gasteiger partial charge in [0.1, 0.15) is 5.75 Å². The second-order valence-electron chi connectivity index (χ2n) is 5.54. The van der Waals surface area contributed by atoms with Crippen LogP contribution in [0.4, 0.5) is 0 Å². The summed E-state index contributed by atoms with van der Waals surface area (Å²) in [6, 6.07) is 15.0. The highest BCUT2D eigenvalue weighted by molar-refractivity contribution is 5.94. The van der Waals surface area contributed by atoms with Crippen LogP contribution in [0.1, 0.15) is 21.7 Å². The third-order valence-electron chi connectivity index (χ3n) is 3.84. The van der Waals surface area contributed by atoms with Crippen molar-refractivity contribution in [3.8, 4) is 11.4 Å². The van der Waals surface area contributed by atoms with Gasteiger partial charge in [-0.2, -0.15) is 4.68 Å². The zero-order valence-electron chi connectivity index (χ0n) is 14.1. The van der Waals surface area contributed by atoms with Gasteiger partial charge in [-0.25, -0.2) is 0 Å². The molecule has 1 aromatic heterocycles. The second kappa shape index (κ2) is 7.57. The first-order chi connectivity index (χ1) is 12.2. The number of aryl methyl sites for hydroxylation is 1. The maximum Gasteiger partial charge on any atom is 0.251 e. The number of carbonyl (C=O) groups is 1. The molecule has 0 unspecified atom stereocenters. The molecule has 1 amide bonds. The van der Waals surface area contributed by atoms with Crippen LogP contribution in [-0.4, -0.2) is 39.8 Å². The number of tetrazole rings is 1. The highest BCUT2D eigenvalue weighted by Crippen LogP contribution is 2.12. The minimum atomic E-state index is -0.124.